The number of sulfonamides is 1. The highest BCUT2D eigenvalue weighted by Crippen LogP contribution is 2.40. The molecule has 0 bridgehead atoms. The van der Waals surface area contributed by atoms with Crippen LogP contribution in [-0.2, 0) is 16.6 Å². The lowest BCUT2D eigenvalue weighted by atomic mass is 9.90. The number of nitrogen functional groups attached to an aromatic ring is 1. The molecule has 2 aromatic carbocycles. The average Bonchev–Trinajstić information content (AvgIpc) is 3.24. The fourth-order valence-corrected chi connectivity index (χ4v) is 6.09. The summed E-state index contributed by atoms with van der Waals surface area (Å²) in [6.45, 7) is 9.43. The van der Waals surface area contributed by atoms with E-state index in [9.17, 15) is 13.2 Å². The van der Waals surface area contributed by atoms with Crippen molar-refractivity contribution < 1.29 is 17.9 Å². The van der Waals surface area contributed by atoms with Crippen LogP contribution >= 0.6 is 0 Å². The first-order valence-corrected chi connectivity index (χ1v) is 15.3. The Balaban J connectivity index is 1.53. The Kier molecular flexibility index (Phi) is 7.92. The summed E-state index contributed by atoms with van der Waals surface area (Å²) in [5.41, 5.74) is 9.04. The highest BCUT2D eigenvalue weighted by atomic mass is 32.2. The number of aromatic nitrogens is 2. The number of hydrogen-bond donors (Lipinski definition) is 2. The van der Waals surface area contributed by atoms with E-state index in [-0.39, 0.29) is 21.9 Å². The number of ether oxygens (including phenoxy) is 1. The summed E-state index contributed by atoms with van der Waals surface area (Å²) in [6.07, 6.45) is 2.64. The van der Waals surface area contributed by atoms with E-state index in [1.54, 1.807) is 12.3 Å². The van der Waals surface area contributed by atoms with Gasteiger partial charge in [-0.15, -0.1) is 0 Å². The Morgan fingerprint density at radius 2 is 1.86 bits per heavy atom. The monoisotopic (exact) mass is 585 g/mol. The minimum absolute atomic E-state index is 0.0346. The Morgan fingerprint density at radius 1 is 1.10 bits per heavy atom. The van der Waals surface area contributed by atoms with E-state index in [1.165, 1.54) is 18.2 Å². The van der Waals surface area contributed by atoms with Crippen molar-refractivity contribution in [3.8, 4) is 16.9 Å². The minimum Gasteiger partial charge on any atom is -0.489 e. The van der Waals surface area contributed by atoms with E-state index in [4.69, 9.17) is 15.5 Å². The van der Waals surface area contributed by atoms with Crippen LogP contribution in [0.15, 0.2) is 84.0 Å². The lowest BCUT2D eigenvalue weighted by molar-refractivity contribution is 0.0981. The molecule has 2 aromatic heterocycles. The molecule has 218 valence electrons. The average molecular weight is 586 g/mol. The molecule has 42 heavy (non-hydrogen) atoms. The molecule has 1 atom stereocenters. The van der Waals surface area contributed by atoms with E-state index in [1.807, 2.05) is 55.5 Å². The summed E-state index contributed by atoms with van der Waals surface area (Å²) in [7, 11) is -4.29. The molecule has 4 aromatic rings. The Morgan fingerprint density at radius 3 is 2.55 bits per heavy atom. The van der Waals surface area contributed by atoms with E-state index in [0.29, 0.717) is 36.2 Å². The predicted octanol–water partition coefficient (Wildman–Crippen LogP) is 5.36. The van der Waals surface area contributed by atoms with Crippen molar-refractivity contribution in [1.29, 1.82) is 0 Å². The van der Waals surface area contributed by atoms with Gasteiger partial charge >= 0.3 is 0 Å². The number of pyridine rings is 2. The zero-order chi connectivity index (χ0) is 30.1. The third-order valence-corrected chi connectivity index (χ3v) is 9.30. The van der Waals surface area contributed by atoms with Crippen molar-refractivity contribution in [2.24, 2.45) is 5.92 Å². The van der Waals surface area contributed by atoms with Crippen LogP contribution in [0.5, 0.6) is 5.75 Å². The summed E-state index contributed by atoms with van der Waals surface area (Å²) in [6, 6.07) is 21.6. The number of carbonyl (C=O) groups excluding carboxylic acids is 1. The topological polar surface area (TPSA) is 128 Å². The summed E-state index contributed by atoms with van der Waals surface area (Å²) in [5.74, 6) is 0.672. The van der Waals surface area contributed by atoms with Crippen LogP contribution < -0.4 is 20.1 Å². The summed E-state index contributed by atoms with van der Waals surface area (Å²) >= 11 is 0. The van der Waals surface area contributed by atoms with Gasteiger partial charge in [-0.05, 0) is 80.1 Å². The summed E-state index contributed by atoms with van der Waals surface area (Å²) < 4.78 is 34.5. The maximum Gasteiger partial charge on any atom is 0.281 e. The van der Waals surface area contributed by atoms with Crippen molar-refractivity contribution in [3.05, 3.63) is 95.7 Å². The molecule has 1 unspecified atom stereocenters. The van der Waals surface area contributed by atoms with Crippen LogP contribution in [0.4, 0.5) is 11.6 Å². The van der Waals surface area contributed by atoms with Gasteiger partial charge in [-0.3, -0.25) is 4.79 Å². The molecule has 1 aliphatic heterocycles. The van der Waals surface area contributed by atoms with Crippen molar-refractivity contribution in [2.45, 2.75) is 51.3 Å². The van der Waals surface area contributed by atoms with Crippen LogP contribution in [-0.4, -0.2) is 36.4 Å². The molecule has 1 aliphatic rings. The number of hydrogen-bond acceptors (Lipinski definition) is 8. The van der Waals surface area contributed by atoms with Crippen LogP contribution in [0.1, 0.15) is 48.7 Å². The number of carbonyl (C=O) groups is 1. The van der Waals surface area contributed by atoms with E-state index < -0.39 is 15.9 Å². The van der Waals surface area contributed by atoms with Crippen molar-refractivity contribution >= 4 is 27.6 Å². The Hall–Kier alpha value is -4.44. The molecule has 3 N–H and O–H groups in total. The highest BCUT2D eigenvalue weighted by molar-refractivity contribution is 7.90. The molecular formula is C32H35N5O4S. The predicted molar refractivity (Wildman–Crippen MR) is 164 cm³/mol. The second-order valence-corrected chi connectivity index (χ2v) is 12.8. The van der Waals surface area contributed by atoms with Crippen molar-refractivity contribution in [2.75, 3.05) is 17.2 Å². The second kappa shape index (κ2) is 11.4. The number of nitrogens with zero attached hydrogens (tertiary/aromatic N) is 3. The molecule has 0 radical (unpaired) electrons. The van der Waals surface area contributed by atoms with Gasteiger partial charge in [0.05, 0.1) is 5.56 Å². The first-order chi connectivity index (χ1) is 20.0. The number of benzene rings is 2. The maximum atomic E-state index is 13.7. The number of aryl methyl sites for hydroxylation is 1. The molecule has 3 heterocycles. The van der Waals surface area contributed by atoms with Crippen LogP contribution in [0.3, 0.4) is 0 Å². The second-order valence-electron chi connectivity index (χ2n) is 11.2. The molecular weight excluding hydrogens is 550 g/mol. The lowest BCUT2D eigenvalue weighted by Crippen LogP contribution is -2.43. The molecule has 5 rings (SSSR count). The van der Waals surface area contributed by atoms with Gasteiger partial charge in [-0.1, -0.05) is 49.4 Å². The lowest BCUT2D eigenvalue weighted by Gasteiger charge is -2.36. The number of amides is 1. The largest absolute Gasteiger partial charge is 0.489 e. The number of nitrogens with two attached hydrogens (primary N) is 1. The Bertz CT molecular complexity index is 1720. The quantitative estimate of drug-likeness (QED) is 0.283. The van der Waals surface area contributed by atoms with Crippen LogP contribution in [0, 0.1) is 12.8 Å². The summed E-state index contributed by atoms with van der Waals surface area (Å²) in [4.78, 5) is 24.5. The zero-order valence-electron chi connectivity index (χ0n) is 24.2. The van der Waals surface area contributed by atoms with Crippen LogP contribution in [0.25, 0.3) is 11.1 Å². The minimum atomic E-state index is -4.29. The molecule has 0 aliphatic carbocycles. The first-order valence-electron chi connectivity index (χ1n) is 13.8. The molecule has 1 amide bonds. The van der Waals surface area contributed by atoms with Gasteiger partial charge in [0.1, 0.15) is 24.0 Å². The van der Waals surface area contributed by atoms with Crippen molar-refractivity contribution in [3.63, 3.8) is 0 Å². The zero-order valence-corrected chi connectivity index (χ0v) is 25.0. The summed E-state index contributed by atoms with van der Waals surface area (Å²) in [5, 5.41) is -0.337. The molecule has 0 spiro atoms. The van der Waals surface area contributed by atoms with Gasteiger partial charge in [-0.2, -0.15) is 8.42 Å². The van der Waals surface area contributed by atoms with Crippen LogP contribution in [0.2, 0.25) is 0 Å². The van der Waals surface area contributed by atoms with Gasteiger partial charge in [0.2, 0.25) is 0 Å². The normalized spacial score (nSPS) is 16.3. The highest BCUT2D eigenvalue weighted by Gasteiger charge is 2.41. The standard InChI is InChI=1S/C32H35N5O4S/c1-21-13-14-25(41-20-23-9-6-5-7-10-23)18-26(21)24-17-27(30(34-19-24)37-16-15-22(2)32(37,3)4)31(38)36-42(39,40)29-12-8-11-28(33)35-29/h5-14,17-19,22H,15-16,20H2,1-4H3,(H2,33,35)(H,36,38). The van der Waals surface area contributed by atoms with Gasteiger partial charge in [0, 0.05) is 23.8 Å². The Labute approximate surface area is 246 Å². The molecule has 0 saturated carbocycles. The smallest absolute Gasteiger partial charge is 0.281 e. The third kappa shape index (κ3) is 5.94. The number of anilines is 2. The maximum absolute atomic E-state index is 13.7. The first kappa shape index (κ1) is 29.1. The number of nitrogens with one attached hydrogen (secondary N) is 1. The molecule has 9 nitrogen and oxygen atoms in total. The molecule has 1 saturated heterocycles. The SMILES string of the molecule is Cc1ccc(OCc2ccccc2)cc1-c1cnc(N2CCC(C)C2(C)C)c(C(=O)NS(=O)(=O)c2cccc(N)n2)c1. The molecule has 10 heteroatoms. The number of rotatable bonds is 8. The van der Waals surface area contributed by atoms with Gasteiger partial charge in [0.15, 0.2) is 5.03 Å². The van der Waals surface area contributed by atoms with E-state index >= 15 is 0 Å². The van der Waals surface area contributed by atoms with Crippen molar-refractivity contribution in [1.82, 2.24) is 14.7 Å². The van der Waals surface area contributed by atoms with Gasteiger partial charge in [0.25, 0.3) is 15.9 Å². The third-order valence-electron chi connectivity index (χ3n) is 8.07. The fourth-order valence-electron chi connectivity index (χ4n) is 5.15. The van der Waals surface area contributed by atoms with E-state index in [2.05, 4.69) is 35.4 Å². The van der Waals surface area contributed by atoms with Gasteiger partial charge in [-0.25, -0.2) is 14.7 Å². The molecule has 1 fully saturated rings. The fraction of sp³-hybridized carbons (Fsp3) is 0.281. The van der Waals surface area contributed by atoms with E-state index in [0.717, 1.165) is 23.1 Å². The van der Waals surface area contributed by atoms with Gasteiger partial charge < -0.3 is 15.4 Å².